The predicted octanol–water partition coefficient (Wildman–Crippen LogP) is 3.52. The highest BCUT2D eigenvalue weighted by molar-refractivity contribution is 7.79. The molecule has 30 heavy (non-hydrogen) atoms. The minimum atomic E-state index is -3.15. The molecule has 3 aromatic rings. The van der Waals surface area contributed by atoms with E-state index < -0.39 is 24.1 Å². The molecule has 1 aromatic heterocycles. The zero-order chi connectivity index (χ0) is 21.7. The lowest BCUT2D eigenvalue weighted by molar-refractivity contribution is -0.0502. The third kappa shape index (κ3) is 4.92. The summed E-state index contributed by atoms with van der Waals surface area (Å²) in [7, 11) is 1.68. The number of nitrogens with one attached hydrogen (secondary N) is 2. The van der Waals surface area contributed by atoms with Crippen LogP contribution in [0.1, 0.15) is 16.2 Å². The normalized spacial score (nSPS) is 10.7. The number of carbonyl (C=O) groups is 1. The molecule has 0 atom stereocenters. The summed E-state index contributed by atoms with van der Waals surface area (Å²) >= 11 is 4.83. The van der Waals surface area contributed by atoms with E-state index in [1.165, 1.54) is 10.2 Å². The van der Waals surface area contributed by atoms with E-state index in [0.29, 0.717) is 5.82 Å². The van der Waals surface area contributed by atoms with E-state index >= 15 is 0 Å². The van der Waals surface area contributed by atoms with E-state index in [1.807, 2.05) is 24.3 Å². The summed E-state index contributed by atoms with van der Waals surface area (Å²) in [6, 6.07) is 10.0. The summed E-state index contributed by atoms with van der Waals surface area (Å²) in [5, 5.41) is 9.66. The smallest absolute Gasteiger partial charge is 0.387 e. The maximum Gasteiger partial charge on any atom is 0.387 e. The van der Waals surface area contributed by atoms with Crippen molar-refractivity contribution < 1.29 is 22.7 Å². The standard InChI is InChI=1S/C19H16F3N5O2S/c1-27-17(12-4-2-3-5-14(12)24-10-30)25-16(26-27)9-23-18(28)13-8-11(20)6-7-15(13)29-19(21)22/h2-8,10,19H,9H2,1H3,(H,23,28)(H,24,30). The minimum absolute atomic E-state index is 0.111. The van der Waals surface area contributed by atoms with Crippen molar-refractivity contribution in [2.24, 2.45) is 7.05 Å². The summed E-state index contributed by atoms with van der Waals surface area (Å²) in [6.45, 7) is -3.26. The lowest BCUT2D eigenvalue weighted by atomic mass is 10.1. The van der Waals surface area contributed by atoms with E-state index in [1.54, 1.807) is 7.05 Å². The number of thiocarbonyl (C=S) groups is 1. The van der Waals surface area contributed by atoms with Crippen molar-refractivity contribution in [3.8, 4) is 17.1 Å². The summed E-state index contributed by atoms with van der Waals surface area (Å²) in [6.07, 6.45) is 0. The van der Waals surface area contributed by atoms with Crippen molar-refractivity contribution in [1.82, 2.24) is 20.1 Å². The topological polar surface area (TPSA) is 81.1 Å². The van der Waals surface area contributed by atoms with Crippen LogP contribution in [0.2, 0.25) is 0 Å². The first-order valence-electron chi connectivity index (χ1n) is 8.61. The number of anilines is 1. The number of hydrogen-bond donors (Lipinski definition) is 2. The number of halogens is 3. The fourth-order valence-electron chi connectivity index (χ4n) is 2.75. The van der Waals surface area contributed by atoms with Gasteiger partial charge < -0.3 is 15.4 Å². The first-order chi connectivity index (χ1) is 14.4. The number of carbonyl (C=O) groups excluding carboxylic acids is 1. The minimum Gasteiger partial charge on any atom is -0.434 e. The highest BCUT2D eigenvalue weighted by atomic mass is 32.1. The molecule has 0 saturated carbocycles. The summed E-state index contributed by atoms with van der Waals surface area (Å²) in [5.41, 5.74) is 2.48. The lowest BCUT2D eigenvalue weighted by Crippen LogP contribution is -2.24. The number of ether oxygens (including phenoxy) is 1. The second-order valence-corrected chi connectivity index (χ2v) is 6.22. The molecule has 0 spiro atoms. The molecule has 7 nitrogen and oxygen atoms in total. The molecule has 3 rings (SSSR count). The van der Waals surface area contributed by atoms with Gasteiger partial charge in [0.05, 0.1) is 17.6 Å². The Morgan fingerprint density at radius 2 is 2.07 bits per heavy atom. The van der Waals surface area contributed by atoms with E-state index in [0.717, 1.165) is 29.4 Å². The van der Waals surface area contributed by atoms with Gasteiger partial charge in [-0.1, -0.05) is 24.4 Å². The van der Waals surface area contributed by atoms with Crippen molar-refractivity contribution >= 4 is 29.3 Å². The van der Waals surface area contributed by atoms with Gasteiger partial charge in [0.1, 0.15) is 11.6 Å². The Labute approximate surface area is 174 Å². The lowest BCUT2D eigenvalue weighted by Gasteiger charge is -2.10. The Balaban J connectivity index is 1.78. The van der Waals surface area contributed by atoms with Crippen LogP contribution in [0.4, 0.5) is 18.9 Å². The molecule has 0 unspecified atom stereocenters. The van der Waals surface area contributed by atoms with Gasteiger partial charge in [0.25, 0.3) is 5.91 Å². The Kier molecular flexibility index (Phi) is 6.62. The molecule has 0 aliphatic carbocycles. The van der Waals surface area contributed by atoms with Gasteiger partial charge in [0, 0.05) is 18.3 Å². The Bertz CT molecular complexity index is 1070. The average Bonchev–Trinajstić information content (AvgIpc) is 3.08. The highest BCUT2D eigenvalue weighted by Gasteiger charge is 2.18. The van der Waals surface area contributed by atoms with Gasteiger partial charge in [-0.25, -0.2) is 14.1 Å². The van der Waals surface area contributed by atoms with Crippen LogP contribution < -0.4 is 15.4 Å². The second kappa shape index (κ2) is 9.35. The van der Waals surface area contributed by atoms with Crippen LogP contribution in [0.5, 0.6) is 5.75 Å². The number of para-hydroxylation sites is 1. The number of aryl methyl sites for hydroxylation is 1. The third-order valence-corrected chi connectivity index (χ3v) is 4.12. The summed E-state index contributed by atoms with van der Waals surface area (Å²) < 4.78 is 44.3. The van der Waals surface area contributed by atoms with Crippen LogP contribution >= 0.6 is 12.2 Å². The van der Waals surface area contributed by atoms with Crippen LogP contribution in [0.15, 0.2) is 42.5 Å². The average molecular weight is 435 g/mol. The van der Waals surface area contributed by atoms with Crippen LogP contribution in [0.25, 0.3) is 11.4 Å². The first-order valence-corrected chi connectivity index (χ1v) is 9.08. The number of alkyl halides is 2. The quantitative estimate of drug-likeness (QED) is 0.527. The number of amides is 1. The van der Waals surface area contributed by atoms with Crippen LogP contribution in [0, 0.1) is 5.82 Å². The Morgan fingerprint density at radius 1 is 1.30 bits per heavy atom. The molecular formula is C19H16F3N5O2S. The number of aromatic nitrogens is 3. The van der Waals surface area contributed by atoms with E-state index in [-0.39, 0.29) is 17.9 Å². The van der Waals surface area contributed by atoms with Crippen LogP contribution in [0.3, 0.4) is 0 Å². The Morgan fingerprint density at radius 3 is 2.80 bits per heavy atom. The SMILES string of the molecule is Cn1nc(CNC(=O)c2cc(F)ccc2OC(F)F)nc1-c1ccccc1NC=S. The molecule has 0 fully saturated rings. The highest BCUT2D eigenvalue weighted by Crippen LogP contribution is 2.26. The number of hydrogen-bond acceptors (Lipinski definition) is 5. The first kappa shape index (κ1) is 21.2. The zero-order valence-electron chi connectivity index (χ0n) is 15.6. The Hall–Kier alpha value is -3.47. The van der Waals surface area contributed by atoms with Crippen LogP contribution in [-0.2, 0) is 13.6 Å². The molecule has 2 aromatic carbocycles. The van der Waals surface area contributed by atoms with Crippen LogP contribution in [-0.4, -0.2) is 32.8 Å². The molecule has 1 amide bonds. The zero-order valence-corrected chi connectivity index (χ0v) is 16.4. The molecular weight excluding hydrogens is 419 g/mol. The van der Waals surface area contributed by atoms with Gasteiger partial charge in [0.15, 0.2) is 11.6 Å². The van der Waals surface area contributed by atoms with Gasteiger partial charge >= 0.3 is 6.61 Å². The summed E-state index contributed by atoms with van der Waals surface area (Å²) in [4.78, 5) is 16.8. The number of rotatable bonds is 8. The van der Waals surface area contributed by atoms with E-state index in [2.05, 4.69) is 25.5 Å². The van der Waals surface area contributed by atoms with Gasteiger partial charge in [-0.15, -0.1) is 0 Å². The molecule has 1 heterocycles. The van der Waals surface area contributed by atoms with Crippen molar-refractivity contribution in [2.45, 2.75) is 13.2 Å². The van der Waals surface area contributed by atoms with Gasteiger partial charge in [-0.3, -0.25) is 4.79 Å². The van der Waals surface area contributed by atoms with E-state index in [4.69, 9.17) is 12.2 Å². The molecule has 0 aliphatic rings. The fraction of sp³-hybridized carbons (Fsp3) is 0.158. The monoisotopic (exact) mass is 435 g/mol. The second-order valence-electron chi connectivity index (χ2n) is 5.98. The fourth-order valence-corrected chi connectivity index (χ4v) is 2.87. The van der Waals surface area contributed by atoms with Gasteiger partial charge in [0.2, 0.25) is 0 Å². The van der Waals surface area contributed by atoms with Crippen molar-refractivity contribution in [2.75, 3.05) is 5.32 Å². The maximum atomic E-state index is 13.5. The number of nitrogens with zero attached hydrogens (tertiary/aromatic N) is 3. The van der Waals surface area contributed by atoms with Crippen molar-refractivity contribution in [3.63, 3.8) is 0 Å². The molecule has 0 aliphatic heterocycles. The predicted molar refractivity (Wildman–Crippen MR) is 108 cm³/mol. The van der Waals surface area contributed by atoms with E-state index in [9.17, 15) is 18.0 Å². The van der Waals surface area contributed by atoms with Crippen molar-refractivity contribution in [1.29, 1.82) is 0 Å². The summed E-state index contributed by atoms with van der Waals surface area (Å²) in [5.74, 6) is -1.21. The molecule has 0 saturated heterocycles. The van der Waals surface area contributed by atoms with Gasteiger partial charge in [-0.2, -0.15) is 13.9 Å². The largest absolute Gasteiger partial charge is 0.434 e. The molecule has 11 heteroatoms. The van der Waals surface area contributed by atoms with Crippen molar-refractivity contribution in [3.05, 3.63) is 59.7 Å². The number of benzene rings is 2. The molecule has 0 radical (unpaired) electrons. The maximum absolute atomic E-state index is 13.5. The molecule has 2 N–H and O–H groups in total. The molecule has 0 bridgehead atoms. The third-order valence-electron chi connectivity index (χ3n) is 4.00. The molecule has 156 valence electrons. The van der Waals surface area contributed by atoms with Gasteiger partial charge in [-0.05, 0) is 30.3 Å².